The number of amides is 1. The average molecular weight is 360 g/mol. The summed E-state index contributed by atoms with van der Waals surface area (Å²) in [6.07, 6.45) is 0. The fourth-order valence-corrected chi connectivity index (χ4v) is 0.678. The van der Waals surface area contributed by atoms with Crippen LogP contribution in [0.5, 0.6) is 0 Å². The number of carbonyl (C=O) groups excluding carboxylic acids is 1. The number of hydrogen-bond donors (Lipinski definition) is 3. The predicted octanol–water partition coefficient (Wildman–Crippen LogP) is -0.497. The molecule has 1 amide bonds. The minimum absolute atomic E-state index is 0. The van der Waals surface area contributed by atoms with Crippen LogP contribution in [0.1, 0.15) is 6.92 Å². The van der Waals surface area contributed by atoms with Gasteiger partial charge in [0, 0.05) is 12.7 Å². The molecule has 4 nitrogen and oxygen atoms in total. The zero-order chi connectivity index (χ0) is 8.15. The van der Waals surface area contributed by atoms with E-state index >= 15 is 0 Å². The van der Waals surface area contributed by atoms with Crippen LogP contribution in [0.15, 0.2) is 0 Å². The minimum atomic E-state index is -1.06. The molecule has 0 saturated carbocycles. The molecule has 1 unspecified atom stereocenters. The molecule has 0 bridgehead atoms. The number of aliphatic carboxylic acids is 1. The molecular weight excluding hydrogens is 351 g/mol. The van der Waals surface area contributed by atoms with E-state index in [1.54, 1.807) is 0 Å². The first-order chi connectivity index (χ1) is 4.57. The number of carboxylic acids is 1. The number of carbonyl (C=O) groups is 2. The normalized spacial score (nSPS) is 11.1. The van der Waals surface area contributed by atoms with Gasteiger partial charge in [0.2, 0.25) is 5.91 Å². The Morgan fingerprint density at radius 2 is 2.09 bits per heavy atom. The van der Waals surface area contributed by atoms with Crippen LogP contribution in [-0.2, 0) is 32.0 Å². The molecule has 11 heavy (non-hydrogen) atoms. The number of rotatable bonds is 3. The second kappa shape index (κ2) is 6.72. The van der Waals surface area contributed by atoms with Gasteiger partial charge >= 0.3 is 28.3 Å². The predicted molar refractivity (Wildman–Crippen MR) is 39.1 cm³/mol. The van der Waals surface area contributed by atoms with Crippen molar-refractivity contribution in [1.82, 2.24) is 5.32 Å². The standard InChI is InChI=1S/C5H9NO3S.Au/c1-3(7)6-4(2-10)5(8)9;/h4,10H,2H2,1H3,(H,6,7)(H,8,9);/q;+1. The average Bonchev–Trinajstić information content (AvgIpc) is 1.81. The Labute approximate surface area is 85.7 Å². The molecule has 0 aliphatic carbocycles. The summed E-state index contributed by atoms with van der Waals surface area (Å²) in [5.41, 5.74) is 0. The summed E-state index contributed by atoms with van der Waals surface area (Å²) >= 11 is 3.73. The van der Waals surface area contributed by atoms with Gasteiger partial charge in [0.1, 0.15) is 6.04 Å². The molecule has 0 aliphatic rings. The molecule has 0 spiro atoms. The van der Waals surface area contributed by atoms with E-state index in [0.29, 0.717) is 0 Å². The Bertz CT molecular complexity index is 153. The van der Waals surface area contributed by atoms with Gasteiger partial charge in [-0.3, -0.25) is 4.79 Å². The second-order valence-corrected chi connectivity index (χ2v) is 2.14. The molecule has 0 aromatic heterocycles. The van der Waals surface area contributed by atoms with Crippen LogP contribution in [-0.4, -0.2) is 28.8 Å². The third-order valence-corrected chi connectivity index (χ3v) is 1.22. The topological polar surface area (TPSA) is 66.4 Å². The van der Waals surface area contributed by atoms with Crippen molar-refractivity contribution in [2.75, 3.05) is 5.75 Å². The minimum Gasteiger partial charge on any atom is -0.480 e. The Balaban J connectivity index is 0. The van der Waals surface area contributed by atoms with E-state index in [9.17, 15) is 9.59 Å². The Morgan fingerprint density at radius 1 is 1.64 bits per heavy atom. The van der Waals surface area contributed by atoms with Gasteiger partial charge in [0.05, 0.1) is 0 Å². The van der Waals surface area contributed by atoms with Gasteiger partial charge < -0.3 is 10.4 Å². The summed E-state index contributed by atoms with van der Waals surface area (Å²) in [5, 5.41) is 10.6. The molecule has 1 atom stereocenters. The number of thiol groups is 1. The first-order valence-electron chi connectivity index (χ1n) is 2.68. The van der Waals surface area contributed by atoms with Crippen molar-refractivity contribution >= 4 is 24.5 Å². The van der Waals surface area contributed by atoms with Crippen molar-refractivity contribution in [2.45, 2.75) is 13.0 Å². The van der Waals surface area contributed by atoms with Gasteiger partial charge in [-0.05, 0) is 0 Å². The van der Waals surface area contributed by atoms with Gasteiger partial charge in [0.25, 0.3) is 0 Å². The van der Waals surface area contributed by atoms with Crippen LogP contribution in [0.25, 0.3) is 0 Å². The van der Waals surface area contributed by atoms with Gasteiger partial charge in [-0.15, -0.1) is 0 Å². The second-order valence-electron chi connectivity index (χ2n) is 1.77. The third-order valence-electron chi connectivity index (χ3n) is 0.858. The summed E-state index contributed by atoms with van der Waals surface area (Å²) < 4.78 is 0. The number of nitrogens with one attached hydrogen (secondary N) is 1. The Morgan fingerprint density at radius 3 is 2.18 bits per heavy atom. The van der Waals surface area contributed by atoms with Crippen molar-refractivity contribution in [1.29, 1.82) is 0 Å². The molecule has 0 rings (SSSR count). The summed E-state index contributed by atoms with van der Waals surface area (Å²) in [5.74, 6) is -1.32. The van der Waals surface area contributed by atoms with Gasteiger partial charge in [-0.25, -0.2) is 4.79 Å². The maximum Gasteiger partial charge on any atom is 1.00 e. The molecule has 0 saturated heterocycles. The molecule has 0 radical (unpaired) electrons. The first kappa shape index (κ1) is 13.6. The van der Waals surface area contributed by atoms with Crippen LogP contribution >= 0.6 is 12.6 Å². The van der Waals surface area contributed by atoms with E-state index < -0.39 is 12.0 Å². The Hall–Kier alpha value is 0.0303. The molecular formula is C5H9AuNO3S+. The van der Waals surface area contributed by atoms with E-state index in [2.05, 4.69) is 17.9 Å². The molecule has 68 valence electrons. The maximum atomic E-state index is 10.3. The van der Waals surface area contributed by atoms with Gasteiger partial charge in [-0.2, -0.15) is 12.6 Å². The summed E-state index contributed by atoms with van der Waals surface area (Å²) in [6.45, 7) is 1.26. The van der Waals surface area contributed by atoms with E-state index in [1.165, 1.54) is 6.92 Å². The van der Waals surface area contributed by atoms with E-state index in [0.717, 1.165) is 0 Å². The van der Waals surface area contributed by atoms with Crippen LogP contribution in [0.3, 0.4) is 0 Å². The van der Waals surface area contributed by atoms with Gasteiger partial charge in [0.15, 0.2) is 0 Å². The van der Waals surface area contributed by atoms with Crippen molar-refractivity contribution < 1.29 is 37.1 Å². The van der Waals surface area contributed by atoms with E-state index in [-0.39, 0.29) is 34.0 Å². The van der Waals surface area contributed by atoms with Crippen molar-refractivity contribution in [2.24, 2.45) is 0 Å². The fourth-order valence-electron chi connectivity index (χ4n) is 0.431. The summed E-state index contributed by atoms with van der Waals surface area (Å²) in [6, 6.07) is -0.874. The largest absolute Gasteiger partial charge is 1.00 e. The van der Waals surface area contributed by atoms with Gasteiger partial charge in [-0.1, -0.05) is 0 Å². The SMILES string of the molecule is CC(=O)NC(CS)C(=O)O.[Au+]. The number of carboxylic acid groups (broad SMARTS) is 1. The summed E-state index contributed by atoms with van der Waals surface area (Å²) in [7, 11) is 0. The molecule has 2 N–H and O–H groups in total. The molecule has 0 aromatic carbocycles. The van der Waals surface area contributed by atoms with Crippen LogP contribution in [0, 0.1) is 0 Å². The smallest absolute Gasteiger partial charge is 0.480 e. The van der Waals surface area contributed by atoms with Crippen molar-refractivity contribution in [3.63, 3.8) is 0 Å². The number of hydrogen-bond acceptors (Lipinski definition) is 3. The van der Waals surface area contributed by atoms with E-state index in [4.69, 9.17) is 5.11 Å². The zero-order valence-electron chi connectivity index (χ0n) is 5.80. The molecule has 0 aliphatic heterocycles. The molecule has 0 aromatic rings. The van der Waals surface area contributed by atoms with Crippen molar-refractivity contribution in [3.8, 4) is 0 Å². The fraction of sp³-hybridized carbons (Fsp3) is 0.600. The van der Waals surface area contributed by atoms with E-state index in [1.807, 2.05) is 0 Å². The Kier molecular flexibility index (Phi) is 8.32. The van der Waals surface area contributed by atoms with Crippen LogP contribution in [0.2, 0.25) is 0 Å². The summed E-state index contributed by atoms with van der Waals surface area (Å²) in [4.78, 5) is 20.5. The zero-order valence-corrected chi connectivity index (χ0v) is 8.86. The molecule has 0 heterocycles. The first-order valence-corrected chi connectivity index (χ1v) is 3.32. The molecule has 6 heteroatoms. The monoisotopic (exact) mass is 360 g/mol. The van der Waals surface area contributed by atoms with Crippen LogP contribution < -0.4 is 5.32 Å². The third kappa shape index (κ3) is 6.43. The quantitative estimate of drug-likeness (QED) is 0.470. The van der Waals surface area contributed by atoms with Crippen LogP contribution in [0.4, 0.5) is 0 Å². The maximum absolute atomic E-state index is 10.3. The van der Waals surface area contributed by atoms with Crippen molar-refractivity contribution in [3.05, 3.63) is 0 Å². The molecule has 0 fully saturated rings.